The van der Waals surface area contributed by atoms with Crippen LogP contribution in [0.15, 0.2) is 60.7 Å². The Labute approximate surface area is 109 Å². The largest absolute Gasteiger partial charge is 0.293 e. The van der Waals surface area contributed by atoms with Crippen LogP contribution in [0.5, 0.6) is 0 Å². The summed E-state index contributed by atoms with van der Waals surface area (Å²) in [6, 6.07) is 20.9. The van der Waals surface area contributed by atoms with Gasteiger partial charge in [-0.3, -0.25) is 5.32 Å². The van der Waals surface area contributed by atoms with Crippen molar-refractivity contribution in [1.82, 2.24) is 5.32 Å². The van der Waals surface area contributed by atoms with Gasteiger partial charge in [0.2, 0.25) is 0 Å². The van der Waals surface area contributed by atoms with Crippen LogP contribution in [0.1, 0.15) is 24.1 Å². The predicted octanol–water partition coefficient (Wildman–Crippen LogP) is 3.39. The Hall–Kier alpha value is -2.04. The normalized spacial score (nSPS) is 12.1. The molecule has 0 heterocycles. The lowest BCUT2D eigenvalue weighted by Gasteiger charge is -2.21. The zero-order chi connectivity index (χ0) is 12.8. The maximum Gasteiger partial charge on any atom is 0.0665 e. The standard InChI is InChI=1S/C17H17N/c1-3-14(2)18-17(15-10-6-4-7-11-15)16-12-8-5-9-13-16/h1,4-14,17-18H,2H3. The second kappa shape index (κ2) is 6.05. The molecule has 2 aromatic rings. The van der Waals surface area contributed by atoms with Crippen LogP contribution in [0, 0.1) is 12.3 Å². The van der Waals surface area contributed by atoms with Gasteiger partial charge in [0.05, 0.1) is 12.1 Å². The van der Waals surface area contributed by atoms with Crippen LogP contribution in [0.25, 0.3) is 0 Å². The third-order valence-electron chi connectivity index (χ3n) is 2.93. The lowest BCUT2D eigenvalue weighted by atomic mass is 9.98. The van der Waals surface area contributed by atoms with E-state index in [0.717, 1.165) is 0 Å². The van der Waals surface area contributed by atoms with Crippen molar-refractivity contribution < 1.29 is 0 Å². The first-order valence-corrected chi connectivity index (χ1v) is 6.13. The summed E-state index contributed by atoms with van der Waals surface area (Å²) >= 11 is 0. The van der Waals surface area contributed by atoms with Crippen molar-refractivity contribution in [2.45, 2.75) is 19.0 Å². The van der Waals surface area contributed by atoms with Gasteiger partial charge in [-0.2, -0.15) is 0 Å². The Balaban J connectivity index is 2.33. The second-order valence-electron chi connectivity index (χ2n) is 4.31. The number of terminal acetylenes is 1. The molecule has 0 amide bonds. The molecular weight excluding hydrogens is 218 g/mol. The molecule has 0 saturated heterocycles. The molecule has 1 atom stereocenters. The maximum atomic E-state index is 5.46. The van der Waals surface area contributed by atoms with Gasteiger partial charge in [-0.25, -0.2) is 0 Å². The highest BCUT2D eigenvalue weighted by Crippen LogP contribution is 2.22. The molecule has 90 valence electrons. The van der Waals surface area contributed by atoms with Crippen molar-refractivity contribution >= 4 is 0 Å². The Morgan fingerprint density at radius 1 is 0.889 bits per heavy atom. The van der Waals surface area contributed by atoms with Crippen molar-refractivity contribution in [3.63, 3.8) is 0 Å². The summed E-state index contributed by atoms with van der Waals surface area (Å²) in [7, 11) is 0. The van der Waals surface area contributed by atoms with Crippen molar-refractivity contribution in [2.75, 3.05) is 0 Å². The second-order valence-corrected chi connectivity index (χ2v) is 4.31. The number of nitrogens with one attached hydrogen (secondary N) is 1. The van der Waals surface area contributed by atoms with E-state index in [2.05, 4.69) is 35.5 Å². The molecular formula is C17H17N. The van der Waals surface area contributed by atoms with E-state index in [-0.39, 0.29) is 12.1 Å². The van der Waals surface area contributed by atoms with Gasteiger partial charge in [0, 0.05) is 0 Å². The Bertz CT molecular complexity index is 471. The molecule has 1 heteroatoms. The van der Waals surface area contributed by atoms with Gasteiger partial charge in [0.25, 0.3) is 0 Å². The van der Waals surface area contributed by atoms with Crippen molar-refractivity contribution in [3.05, 3.63) is 71.8 Å². The molecule has 1 N–H and O–H groups in total. The summed E-state index contributed by atoms with van der Waals surface area (Å²) in [6.07, 6.45) is 5.46. The third kappa shape index (κ3) is 3.00. The fourth-order valence-corrected chi connectivity index (χ4v) is 1.97. The molecule has 2 rings (SSSR count). The van der Waals surface area contributed by atoms with Crippen molar-refractivity contribution in [3.8, 4) is 12.3 Å². The van der Waals surface area contributed by atoms with Crippen LogP contribution in [0.3, 0.4) is 0 Å². The summed E-state index contributed by atoms with van der Waals surface area (Å²) in [5.41, 5.74) is 2.46. The molecule has 0 saturated carbocycles. The van der Waals surface area contributed by atoms with Gasteiger partial charge in [0.15, 0.2) is 0 Å². The number of hydrogen-bond donors (Lipinski definition) is 1. The molecule has 0 bridgehead atoms. The maximum absolute atomic E-state index is 5.46. The van der Waals surface area contributed by atoms with E-state index in [4.69, 9.17) is 6.42 Å². The molecule has 0 spiro atoms. The summed E-state index contributed by atoms with van der Waals surface area (Å²) < 4.78 is 0. The van der Waals surface area contributed by atoms with Crippen LogP contribution in [-0.2, 0) is 0 Å². The first-order chi connectivity index (χ1) is 8.81. The molecule has 2 aromatic carbocycles. The molecule has 0 aliphatic carbocycles. The van der Waals surface area contributed by atoms with Crippen molar-refractivity contribution in [1.29, 1.82) is 0 Å². The van der Waals surface area contributed by atoms with E-state index in [1.807, 2.05) is 43.3 Å². The molecule has 0 fully saturated rings. The minimum atomic E-state index is 0.0374. The van der Waals surface area contributed by atoms with Crippen LogP contribution >= 0.6 is 0 Å². The van der Waals surface area contributed by atoms with Gasteiger partial charge in [0.1, 0.15) is 0 Å². The fraction of sp³-hybridized carbons (Fsp3) is 0.176. The highest BCUT2D eigenvalue weighted by atomic mass is 14.9. The Kier molecular flexibility index (Phi) is 4.17. The molecule has 0 radical (unpaired) electrons. The van der Waals surface area contributed by atoms with E-state index >= 15 is 0 Å². The van der Waals surface area contributed by atoms with Gasteiger partial charge < -0.3 is 0 Å². The van der Waals surface area contributed by atoms with Crippen molar-refractivity contribution in [2.24, 2.45) is 0 Å². The fourth-order valence-electron chi connectivity index (χ4n) is 1.97. The smallest absolute Gasteiger partial charge is 0.0665 e. The number of rotatable bonds is 4. The monoisotopic (exact) mass is 235 g/mol. The molecule has 0 aliphatic rings. The minimum Gasteiger partial charge on any atom is -0.293 e. The number of benzene rings is 2. The van der Waals surface area contributed by atoms with E-state index in [0.29, 0.717) is 0 Å². The van der Waals surface area contributed by atoms with Crippen LogP contribution in [0.4, 0.5) is 0 Å². The van der Waals surface area contributed by atoms with Gasteiger partial charge in [-0.1, -0.05) is 66.6 Å². The quantitative estimate of drug-likeness (QED) is 0.801. The summed E-state index contributed by atoms with van der Waals surface area (Å²) in [4.78, 5) is 0. The van der Waals surface area contributed by atoms with E-state index in [1.54, 1.807) is 0 Å². The summed E-state index contributed by atoms with van der Waals surface area (Å²) in [5, 5.41) is 3.46. The SMILES string of the molecule is C#CC(C)NC(c1ccccc1)c1ccccc1. The molecule has 18 heavy (non-hydrogen) atoms. The number of hydrogen-bond acceptors (Lipinski definition) is 1. The first kappa shape index (κ1) is 12.4. The highest BCUT2D eigenvalue weighted by molar-refractivity contribution is 5.32. The average molecular weight is 235 g/mol. The molecule has 1 nitrogen and oxygen atoms in total. The Morgan fingerprint density at radius 3 is 1.72 bits per heavy atom. The first-order valence-electron chi connectivity index (χ1n) is 6.13. The molecule has 1 unspecified atom stereocenters. The predicted molar refractivity (Wildman–Crippen MR) is 76.2 cm³/mol. The Morgan fingerprint density at radius 2 is 1.33 bits per heavy atom. The zero-order valence-electron chi connectivity index (χ0n) is 10.5. The summed E-state index contributed by atoms with van der Waals surface area (Å²) in [5.74, 6) is 2.72. The van der Waals surface area contributed by atoms with Gasteiger partial charge in [-0.05, 0) is 18.1 Å². The molecule has 0 aromatic heterocycles. The summed E-state index contributed by atoms with van der Waals surface area (Å²) in [6.45, 7) is 2.00. The molecule has 0 aliphatic heterocycles. The zero-order valence-corrected chi connectivity index (χ0v) is 10.5. The lowest BCUT2D eigenvalue weighted by molar-refractivity contribution is 0.573. The van der Waals surface area contributed by atoms with Gasteiger partial charge in [-0.15, -0.1) is 6.42 Å². The highest BCUT2D eigenvalue weighted by Gasteiger charge is 2.14. The van der Waals surface area contributed by atoms with Gasteiger partial charge >= 0.3 is 0 Å². The average Bonchev–Trinajstić information content (AvgIpc) is 2.46. The van der Waals surface area contributed by atoms with Crippen LogP contribution < -0.4 is 5.32 Å². The van der Waals surface area contributed by atoms with E-state index < -0.39 is 0 Å². The van der Waals surface area contributed by atoms with Crippen LogP contribution in [-0.4, -0.2) is 6.04 Å². The topological polar surface area (TPSA) is 12.0 Å². The van der Waals surface area contributed by atoms with E-state index in [9.17, 15) is 0 Å². The third-order valence-corrected chi connectivity index (χ3v) is 2.93. The minimum absolute atomic E-state index is 0.0374. The van der Waals surface area contributed by atoms with E-state index in [1.165, 1.54) is 11.1 Å². The van der Waals surface area contributed by atoms with Crippen LogP contribution in [0.2, 0.25) is 0 Å². The lowest BCUT2D eigenvalue weighted by Crippen LogP contribution is -2.30.